The zero-order valence-corrected chi connectivity index (χ0v) is 13.9. The number of rotatable bonds is 5. The molecule has 1 unspecified atom stereocenters. The summed E-state index contributed by atoms with van der Waals surface area (Å²) in [5.41, 5.74) is 3.42. The minimum absolute atomic E-state index is 0.244. The number of pyridine rings is 1. The van der Waals surface area contributed by atoms with E-state index in [1.807, 2.05) is 0 Å². The molecule has 0 fully saturated rings. The highest BCUT2D eigenvalue weighted by molar-refractivity contribution is 5.91. The highest BCUT2D eigenvalue weighted by atomic mass is 19.4. The van der Waals surface area contributed by atoms with Gasteiger partial charge in [-0.15, -0.1) is 13.2 Å². The van der Waals surface area contributed by atoms with Crippen molar-refractivity contribution >= 4 is 5.91 Å². The van der Waals surface area contributed by atoms with Crippen molar-refractivity contribution in [2.24, 2.45) is 0 Å². The maximum absolute atomic E-state index is 12.2. The Labute approximate surface area is 151 Å². The minimum atomic E-state index is -4.74. The number of benzene rings is 1. The Morgan fingerprint density at radius 3 is 2.48 bits per heavy atom. The third-order valence-electron chi connectivity index (χ3n) is 3.46. The number of nitrogens with zero attached hydrogens (tertiary/aromatic N) is 1. The molecular formula is C17H14F3N3O4. The lowest BCUT2D eigenvalue weighted by molar-refractivity contribution is -0.274. The van der Waals surface area contributed by atoms with Crippen LogP contribution in [-0.4, -0.2) is 24.3 Å². The van der Waals surface area contributed by atoms with E-state index in [-0.39, 0.29) is 23.2 Å². The molecule has 0 aliphatic carbocycles. The van der Waals surface area contributed by atoms with E-state index in [0.717, 1.165) is 0 Å². The predicted molar refractivity (Wildman–Crippen MR) is 86.4 cm³/mol. The third-order valence-corrected chi connectivity index (χ3v) is 3.46. The molecule has 2 N–H and O–H groups in total. The van der Waals surface area contributed by atoms with Crippen molar-refractivity contribution in [3.8, 4) is 11.5 Å². The lowest BCUT2D eigenvalue weighted by Crippen LogP contribution is -2.19. The van der Waals surface area contributed by atoms with Gasteiger partial charge in [0, 0.05) is 13.1 Å². The number of carbonyl (C=O) groups is 1. The number of amides is 1. The van der Waals surface area contributed by atoms with Crippen molar-refractivity contribution in [1.29, 1.82) is 0 Å². The summed E-state index contributed by atoms with van der Waals surface area (Å²) in [6, 6.07) is 8.36. The van der Waals surface area contributed by atoms with E-state index in [4.69, 9.17) is 9.57 Å². The van der Waals surface area contributed by atoms with Crippen LogP contribution in [0.25, 0.3) is 0 Å². The second-order valence-electron chi connectivity index (χ2n) is 5.35. The SMILES string of the molecule is CNC(=O)c1ccc(OC2=CC(c3ccc(OC(F)(F)F)cc3)ON2)cn1. The van der Waals surface area contributed by atoms with Gasteiger partial charge in [0.05, 0.1) is 6.20 Å². The summed E-state index contributed by atoms with van der Waals surface area (Å²) in [6.45, 7) is 0. The lowest BCUT2D eigenvalue weighted by Gasteiger charge is -2.11. The van der Waals surface area contributed by atoms with Gasteiger partial charge in [0.1, 0.15) is 23.3 Å². The van der Waals surface area contributed by atoms with Crippen LogP contribution in [-0.2, 0) is 4.84 Å². The van der Waals surface area contributed by atoms with Crippen molar-refractivity contribution in [2.45, 2.75) is 12.5 Å². The van der Waals surface area contributed by atoms with Gasteiger partial charge in [-0.25, -0.2) is 10.5 Å². The van der Waals surface area contributed by atoms with Crippen LogP contribution in [0, 0.1) is 0 Å². The molecule has 1 aliphatic rings. The van der Waals surface area contributed by atoms with Crippen molar-refractivity contribution in [2.75, 3.05) is 7.05 Å². The number of nitrogens with one attached hydrogen (secondary N) is 2. The fourth-order valence-corrected chi connectivity index (χ4v) is 2.24. The van der Waals surface area contributed by atoms with E-state index in [1.165, 1.54) is 43.6 Å². The van der Waals surface area contributed by atoms with Crippen LogP contribution < -0.4 is 20.3 Å². The number of carbonyl (C=O) groups excluding carboxylic acids is 1. The number of aromatic nitrogens is 1. The summed E-state index contributed by atoms with van der Waals surface area (Å²) in [5, 5.41) is 2.46. The molecule has 27 heavy (non-hydrogen) atoms. The van der Waals surface area contributed by atoms with Crippen molar-refractivity contribution in [3.05, 3.63) is 65.8 Å². The maximum Gasteiger partial charge on any atom is 0.573 e. The van der Waals surface area contributed by atoms with Gasteiger partial charge >= 0.3 is 6.36 Å². The molecule has 1 aliphatic heterocycles. The van der Waals surface area contributed by atoms with Gasteiger partial charge in [-0.3, -0.25) is 9.63 Å². The summed E-state index contributed by atoms with van der Waals surface area (Å²) in [5.74, 6) is 0.0192. The Balaban J connectivity index is 1.63. The molecule has 0 saturated heterocycles. The Bertz CT molecular complexity index is 836. The molecule has 1 aromatic carbocycles. The Hall–Kier alpha value is -3.27. The molecule has 142 valence electrons. The molecule has 0 radical (unpaired) electrons. The zero-order valence-electron chi connectivity index (χ0n) is 13.9. The number of alkyl halides is 3. The Morgan fingerprint density at radius 1 is 1.19 bits per heavy atom. The number of hydrogen-bond acceptors (Lipinski definition) is 6. The monoisotopic (exact) mass is 381 g/mol. The van der Waals surface area contributed by atoms with Crippen LogP contribution in [0.15, 0.2) is 54.6 Å². The quantitative estimate of drug-likeness (QED) is 0.829. The van der Waals surface area contributed by atoms with Crippen LogP contribution in [0.5, 0.6) is 11.5 Å². The van der Waals surface area contributed by atoms with E-state index in [9.17, 15) is 18.0 Å². The molecule has 1 atom stereocenters. The average Bonchev–Trinajstić information content (AvgIpc) is 3.09. The van der Waals surface area contributed by atoms with Gasteiger partial charge in [0.15, 0.2) is 0 Å². The van der Waals surface area contributed by atoms with E-state index >= 15 is 0 Å². The molecule has 1 amide bonds. The highest BCUT2D eigenvalue weighted by Crippen LogP contribution is 2.28. The topological polar surface area (TPSA) is 81.7 Å². The highest BCUT2D eigenvalue weighted by Gasteiger charge is 2.31. The summed E-state index contributed by atoms with van der Waals surface area (Å²) in [7, 11) is 1.50. The first-order chi connectivity index (χ1) is 12.8. The molecule has 3 rings (SSSR count). The number of ether oxygens (including phenoxy) is 2. The van der Waals surface area contributed by atoms with Crippen molar-refractivity contribution < 1.29 is 32.3 Å². The second kappa shape index (κ2) is 7.54. The molecule has 2 heterocycles. The first-order valence-corrected chi connectivity index (χ1v) is 7.69. The fourth-order valence-electron chi connectivity index (χ4n) is 2.24. The van der Waals surface area contributed by atoms with E-state index in [2.05, 4.69) is 20.5 Å². The zero-order chi connectivity index (χ0) is 19.4. The minimum Gasteiger partial charge on any atom is -0.438 e. The normalized spacial score (nSPS) is 16.3. The molecule has 2 aromatic rings. The fraction of sp³-hybridized carbons (Fsp3) is 0.176. The maximum atomic E-state index is 12.2. The summed E-state index contributed by atoms with van der Waals surface area (Å²) >= 11 is 0. The Kier molecular flexibility index (Phi) is 5.17. The average molecular weight is 381 g/mol. The van der Waals surface area contributed by atoms with Gasteiger partial charge in [0.25, 0.3) is 5.91 Å². The second-order valence-corrected chi connectivity index (χ2v) is 5.35. The van der Waals surface area contributed by atoms with E-state index in [1.54, 1.807) is 12.1 Å². The first-order valence-electron chi connectivity index (χ1n) is 7.69. The first kappa shape index (κ1) is 18.5. The lowest BCUT2D eigenvalue weighted by atomic mass is 10.1. The van der Waals surface area contributed by atoms with E-state index in [0.29, 0.717) is 11.3 Å². The molecular weight excluding hydrogens is 367 g/mol. The molecule has 1 aromatic heterocycles. The standard InChI is InChI=1S/C17H14F3N3O4/c1-21-16(24)13-7-6-12(9-22-13)25-15-8-14(27-23-15)10-2-4-11(5-3-10)26-17(18,19)20/h2-9,14,23H,1H3,(H,21,24). The van der Waals surface area contributed by atoms with Gasteiger partial charge in [-0.05, 0) is 29.8 Å². The van der Waals surface area contributed by atoms with Gasteiger partial charge in [0.2, 0.25) is 5.88 Å². The summed E-state index contributed by atoms with van der Waals surface area (Å²) in [6.07, 6.45) is -2.32. The molecule has 0 saturated carbocycles. The van der Waals surface area contributed by atoms with E-state index < -0.39 is 12.5 Å². The predicted octanol–water partition coefficient (Wildman–Crippen LogP) is 2.84. The summed E-state index contributed by atoms with van der Waals surface area (Å²) < 4.78 is 45.9. The molecule has 0 spiro atoms. The number of hydrogen-bond donors (Lipinski definition) is 2. The van der Waals surface area contributed by atoms with Crippen LogP contribution in [0.2, 0.25) is 0 Å². The van der Waals surface area contributed by atoms with Gasteiger partial charge in [-0.1, -0.05) is 12.1 Å². The van der Waals surface area contributed by atoms with Crippen molar-refractivity contribution in [1.82, 2.24) is 15.8 Å². The summed E-state index contributed by atoms with van der Waals surface area (Å²) in [4.78, 5) is 20.7. The van der Waals surface area contributed by atoms with Crippen LogP contribution in [0.1, 0.15) is 22.2 Å². The van der Waals surface area contributed by atoms with Crippen LogP contribution >= 0.6 is 0 Å². The van der Waals surface area contributed by atoms with Gasteiger partial charge in [-0.2, -0.15) is 0 Å². The van der Waals surface area contributed by atoms with Crippen molar-refractivity contribution in [3.63, 3.8) is 0 Å². The molecule has 7 nitrogen and oxygen atoms in total. The smallest absolute Gasteiger partial charge is 0.438 e. The van der Waals surface area contributed by atoms with Crippen LogP contribution in [0.3, 0.4) is 0 Å². The number of halogens is 3. The van der Waals surface area contributed by atoms with Gasteiger partial charge < -0.3 is 14.8 Å². The molecule has 0 bridgehead atoms. The molecule has 10 heteroatoms. The van der Waals surface area contributed by atoms with Crippen LogP contribution in [0.4, 0.5) is 13.2 Å². The Morgan fingerprint density at radius 2 is 1.89 bits per heavy atom. The number of hydroxylamine groups is 1. The third kappa shape index (κ3) is 4.88. The largest absolute Gasteiger partial charge is 0.573 e.